The summed E-state index contributed by atoms with van der Waals surface area (Å²) < 4.78 is 1.65. The van der Waals surface area contributed by atoms with Crippen LogP contribution in [0.1, 0.15) is 54.4 Å². The summed E-state index contributed by atoms with van der Waals surface area (Å²) in [6.45, 7) is 2.11. The first kappa shape index (κ1) is 18.6. The standard InChI is InChI=1S/C20H26N6O2/c27-19(22-18-6-7-18)8-3-15-9-11-25(12-10-15)20(28)17-4-1-16(2-5-17)13-26-14-21-23-24-26/h1-2,4-5,14-15,18H,3,6-13H2,(H,22,27). The fraction of sp³-hybridized carbons (Fsp3) is 0.550. The zero-order valence-corrected chi connectivity index (χ0v) is 16.0. The Morgan fingerprint density at radius 2 is 1.82 bits per heavy atom. The molecule has 8 nitrogen and oxygen atoms in total. The van der Waals surface area contributed by atoms with Crippen molar-refractivity contribution in [1.82, 2.24) is 30.4 Å². The van der Waals surface area contributed by atoms with Crippen molar-refractivity contribution >= 4 is 11.8 Å². The third-order valence-corrected chi connectivity index (χ3v) is 5.56. The van der Waals surface area contributed by atoms with Crippen molar-refractivity contribution in [3.8, 4) is 0 Å². The minimum Gasteiger partial charge on any atom is -0.353 e. The molecule has 2 aliphatic rings. The SMILES string of the molecule is O=C(CCC1CCN(C(=O)c2ccc(Cn3cnnn3)cc2)CC1)NC1CC1. The van der Waals surface area contributed by atoms with Crippen molar-refractivity contribution < 1.29 is 9.59 Å². The van der Waals surface area contributed by atoms with E-state index in [-0.39, 0.29) is 11.8 Å². The molecular weight excluding hydrogens is 356 g/mol. The molecule has 0 atom stereocenters. The molecule has 1 aromatic carbocycles. The molecule has 1 saturated carbocycles. The lowest BCUT2D eigenvalue weighted by Crippen LogP contribution is -2.38. The highest BCUT2D eigenvalue weighted by molar-refractivity contribution is 5.94. The third-order valence-electron chi connectivity index (χ3n) is 5.56. The van der Waals surface area contributed by atoms with Gasteiger partial charge in [0.1, 0.15) is 6.33 Å². The second kappa shape index (κ2) is 8.50. The van der Waals surface area contributed by atoms with Crippen LogP contribution >= 0.6 is 0 Å². The second-order valence-electron chi connectivity index (χ2n) is 7.82. The number of benzene rings is 1. The largest absolute Gasteiger partial charge is 0.353 e. The van der Waals surface area contributed by atoms with Crippen LogP contribution in [-0.4, -0.2) is 56.1 Å². The molecule has 1 aliphatic carbocycles. The van der Waals surface area contributed by atoms with Crippen molar-refractivity contribution in [2.45, 2.75) is 51.1 Å². The van der Waals surface area contributed by atoms with Crippen LogP contribution in [0.3, 0.4) is 0 Å². The van der Waals surface area contributed by atoms with Gasteiger partial charge in [0.2, 0.25) is 5.91 Å². The van der Waals surface area contributed by atoms with Crippen LogP contribution in [0, 0.1) is 5.92 Å². The molecule has 2 heterocycles. The van der Waals surface area contributed by atoms with Gasteiger partial charge in [-0.05, 0) is 66.1 Å². The molecule has 1 aromatic heterocycles. The maximum atomic E-state index is 12.8. The number of nitrogens with one attached hydrogen (secondary N) is 1. The fourth-order valence-corrected chi connectivity index (χ4v) is 3.66. The van der Waals surface area contributed by atoms with Gasteiger partial charge in [-0.1, -0.05) is 12.1 Å². The number of hydrogen-bond donors (Lipinski definition) is 1. The number of rotatable bonds is 7. The maximum absolute atomic E-state index is 12.8. The van der Waals surface area contributed by atoms with E-state index in [2.05, 4.69) is 20.8 Å². The fourth-order valence-electron chi connectivity index (χ4n) is 3.66. The molecule has 0 radical (unpaired) electrons. The molecule has 2 fully saturated rings. The van der Waals surface area contributed by atoms with Crippen LogP contribution in [0.5, 0.6) is 0 Å². The van der Waals surface area contributed by atoms with Crippen LogP contribution in [0.25, 0.3) is 0 Å². The monoisotopic (exact) mass is 382 g/mol. The highest BCUT2D eigenvalue weighted by atomic mass is 16.2. The Balaban J connectivity index is 1.22. The summed E-state index contributed by atoms with van der Waals surface area (Å²) in [6.07, 6.45) is 7.30. The number of likely N-dealkylation sites (tertiary alicyclic amines) is 1. The first-order valence-corrected chi connectivity index (χ1v) is 10.1. The predicted molar refractivity (Wildman–Crippen MR) is 102 cm³/mol. The van der Waals surface area contributed by atoms with E-state index in [1.807, 2.05) is 29.2 Å². The Kier molecular flexibility index (Phi) is 5.64. The quantitative estimate of drug-likeness (QED) is 0.786. The number of piperidine rings is 1. The smallest absolute Gasteiger partial charge is 0.253 e. The van der Waals surface area contributed by atoms with E-state index in [1.54, 1.807) is 11.0 Å². The molecule has 0 spiro atoms. The van der Waals surface area contributed by atoms with Crippen molar-refractivity contribution in [3.63, 3.8) is 0 Å². The van der Waals surface area contributed by atoms with Gasteiger partial charge < -0.3 is 10.2 Å². The molecule has 0 bridgehead atoms. The highest BCUT2D eigenvalue weighted by Gasteiger charge is 2.26. The van der Waals surface area contributed by atoms with Crippen LogP contribution in [-0.2, 0) is 11.3 Å². The summed E-state index contributed by atoms with van der Waals surface area (Å²) in [7, 11) is 0. The van der Waals surface area contributed by atoms with Gasteiger partial charge in [0.25, 0.3) is 5.91 Å². The molecule has 28 heavy (non-hydrogen) atoms. The average Bonchev–Trinajstić information content (AvgIpc) is 3.39. The van der Waals surface area contributed by atoms with E-state index in [9.17, 15) is 9.59 Å². The Labute approximate surface area is 164 Å². The lowest BCUT2D eigenvalue weighted by atomic mass is 9.91. The van der Waals surface area contributed by atoms with E-state index >= 15 is 0 Å². The molecule has 1 N–H and O–H groups in total. The molecule has 2 aromatic rings. The molecule has 1 aliphatic heterocycles. The van der Waals surface area contributed by atoms with E-state index in [4.69, 9.17) is 0 Å². The van der Waals surface area contributed by atoms with Crippen molar-refractivity contribution in [3.05, 3.63) is 41.7 Å². The first-order chi connectivity index (χ1) is 13.7. The number of aromatic nitrogens is 4. The Hall–Kier alpha value is -2.77. The Bertz CT molecular complexity index is 793. The zero-order valence-electron chi connectivity index (χ0n) is 16.0. The summed E-state index contributed by atoms with van der Waals surface area (Å²) in [6, 6.07) is 8.07. The van der Waals surface area contributed by atoms with Crippen molar-refractivity contribution in [2.75, 3.05) is 13.1 Å². The molecule has 4 rings (SSSR count). The van der Waals surface area contributed by atoms with E-state index in [0.29, 0.717) is 30.5 Å². The van der Waals surface area contributed by atoms with E-state index < -0.39 is 0 Å². The maximum Gasteiger partial charge on any atom is 0.253 e. The molecule has 0 unspecified atom stereocenters. The van der Waals surface area contributed by atoms with Crippen LogP contribution < -0.4 is 5.32 Å². The number of nitrogens with zero attached hydrogens (tertiary/aromatic N) is 5. The van der Waals surface area contributed by atoms with Gasteiger partial charge in [-0.25, -0.2) is 4.68 Å². The molecule has 148 valence electrons. The highest BCUT2D eigenvalue weighted by Crippen LogP contribution is 2.24. The summed E-state index contributed by atoms with van der Waals surface area (Å²) in [4.78, 5) is 26.5. The average molecular weight is 382 g/mol. The summed E-state index contributed by atoms with van der Waals surface area (Å²) in [5.74, 6) is 0.800. The number of carbonyl (C=O) groups excluding carboxylic acids is 2. The summed E-state index contributed by atoms with van der Waals surface area (Å²) in [5, 5.41) is 14.1. The second-order valence-corrected chi connectivity index (χ2v) is 7.82. The van der Waals surface area contributed by atoms with Crippen LogP contribution in [0.2, 0.25) is 0 Å². The summed E-state index contributed by atoms with van der Waals surface area (Å²) >= 11 is 0. The number of tetrazole rings is 1. The minimum atomic E-state index is 0.0823. The van der Waals surface area contributed by atoms with Gasteiger partial charge in [-0.3, -0.25) is 9.59 Å². The third kappa shape index (κ3) is 4.94. The normalized spacial score (nSPS) is 17.5. The van der Waals surface area contributed by atoms with Gasteiger partial charge in [-0.2, -0.15) is 0 Å². The lowest BCUT2D eigenvalue weighted by Gasteiger charge is -2.32. The molecule has 1 saturated heterocycles. The van der Waals surface area contributed by atoms with Gasteiger partial charge in [0.05, 0.1) is 6.54 Å². The van der Waals surface area contributed by atoms with E-state index in [1.165, 1.54) is 0 Å². The topological polar surface area (TPSA) is 93.0 Å². The van der Waals surface area contributed by atoms with Gasteiger partial charge in [-0.15, -0.1) is 5.10 Å². The number of carbonyl (C=O) groups is 2. The van der Waals surface area contributed by atoms with Gasteiger partial charge >= 0.3 is 0 Å². The molecular formula is C20H26N6O2. The van der Waals surface area contributed by atoms with E-state index in [0.717, 1.165) is 50.8 Å². The zero-order chi connectivity index (χ0) is 19.3. The predicted octanol–water partition coefficient (Wildman–Crippen LogP) is 1.63. The lowest BCUT2D eigenvalue weighted by molar-refractivity contribution is -0.121. The number of amides is 2. The Morgan fingerprint density at radius 3 is 2.46 bits per heavy atom. The van der Waals surface area contributed by atoms with Crippen molar-refractivity contribution in [1.29, 1.82) is 0 Å². The number of hydrogen-bond acceptors (Lipinski definition) is 5. The Morgan fingerprint density at radius 1 is 1.07 bits per heavy atom. The van der Waals surface area contributed by atoms with Gasteiger partial charge in [0, 0.05) is 31.1 Å². The molecule has 8 heteroatoms. The van der Waals surface area contributed by atoms with Crippen molar-refractivity contribution in [2.24, 2.45) is 5.92 Å². The van der Waals surface area contributed by atoms with Crippen LogP contribution in [0.4, 0.5) is 0 Å². The molecule has 2 amide bonds. The van der Waals surface area contributed by atoms with Crippen LogP contribution in [0.15, 0.2) is 30.6 Å². The summed E-state index contributed by atoms with van der Waals surface area (Å²) in [5.41, 5.74) is 1.76. The minimum absolute atomic E-state index is 0.0823. The first-order valence-electron chi connectivity index (χ1n) is 10.1. The van der Waals surface area contributed by atoms with Gasteiger partial charge in [0.15, 0.2) is 0 Å².